The van der Waals surface area contributed by atoms with E-state index in [0.717, 1.165) is 18.6 Å². The van der Waals surface area contributed by atoms with E-state index in [0.29, 0.717) is 18.9 Å². The third-order valence-corrected chi connectivity index (χ3v) is 3.42. The zero-order valence-electron chi connectivity index (χ0n) is 11.1. The second-order valence-corrected chi connectivity index (χ2v) is 5.02. The summed E-state index contributed by atoms with van der Waals surface area (Å²) in [6.45, 7) is 2.74. The number of nitro groups is 1. The van der Waals surface area contributed by atoms with E-state index >= 15 is 0 Å². The van der Waals surface area contributed by atoms with Crippen LogP contribution in [0.5, 0.6) is 0 Å². The van der Waals surface area contributed by atoms with E-state index in [-0.39, 0.29) is 5.69 Å². The summed E-state index contributed by atoms with van der Waals surface area (Å²) < 4.78 is 13.7. The largest absolute Gasteiger partial charge is 0.317 e. The number of hydrogen-bond acceptors (Lipinski definition) is 4. The summed E-state index contributed by atoms with van der Waals surface area (Å²) in [5.74, 6) is -0.858. The standard InChI is InChI=1S/C13H16FN3O3/c1-8-5-6-15-10(7-8)13(18)16-12-9(14)3-2-4-11(12)17(19)20/h2-4,8,10,15H,5-7H2,1H3,(H,16,18). The third kappa shape index (κ3) is 3.11. The molecule has 2 rings (SSSR count). The van der Waals surface area contributed by atoms with Gasteiger partial charge in [0.25, 0.3) is 5.69 Å². The maximum atomic E-state index is 13.7. The van der Waals surface area contributed by atoms with Crippen molar-refractivity contribution in [1.29, 1.82) is 0 Å². The molecule has 1 heterocycles. The van der Waals surface area contributed by atoms with E-state index in [1.165, 1.54) is 6.07 Å². The molecule has 1 fully saturated rings. The fraction of sp³-hybridized carbons (Fsp3) is 0.462. The predicted octanol–water partition coefficient (Wildman–Crippen LogP) is 2.06. The molecule has 1 saturated heterocycles. The van der Waals surface area contributed by atoms with Gasteiger partial charge in [-0.3, -0.25) is 14.9 Å². The highest BCUT2D eigenvalue weighted by Crippen LogP contribution is 2.27. The Labute approximate surface area is 115 Å². The van der Waals surface area contributed by atoms with Gasteiger partial charge in [0.15, 0.2) is 11.5 Å². The molecule has 1 amide bonds. The molecule has 0 spiro atoms. The first-order valence-electron chi connectivity index (χ1n) is 6.46. The van der Waals surface area contributed by atoms with Crippen LogP contribution >= 0.6 is 0 Å². The zero-order chi connectivity index (χ0) is 14.7. The Morgan fingerprint density at radius 3 is 2.95 bits per heavy atom. The zero-order valence-corrected chi connectivity index (χ0v) is 11.1. The number of nitro benzene ring substituents is 1. The molecule has 1 aliphatic heterocycles. The molecule has 108 valence electrons. The Balaban J connectivity index is 2.17. The lowest BCUT2D eigenvalue weighted by Gasteiger charge is -2.27. The Morgan fingerprint density at radius 2 is 2.30 bits per heavy atom. The molecule has 0 bridgehead atoms. The van der Waals surface area contributed by atoms with Crippen molar-refractivity contribution in [2.24, 2.45) is 5.92 Å². The minimum Gasteiger partial charge on any atom is -0.317 e. The number of piperidine rings is 1. The van der Waals surface area contributed by atoms with E-state index in [1.54, 1.807) is 0 Å². The Kier molecular flexibility index (Phi) is 4.29. The summed E-state index contributed by atoms with van der Waals surface area (Å²) in [4.78, 5) is 22.2. The summed E-state index contributed by atoms with van der Waals surface area (Å²) in [5, 5.41) is 16.2. The van der Waals surface area contributed by atoms with Crippen LogP contribution in [0.25, 0.3) is 0 Å². The Morgan fingerprint density at radius 1 is 1.55 bits per heavy atom. The molecule has 0 saturated carbocycles. The fourth-order valence-corrected chi connectivity index (χ4v) is 2.31. The summed E-state index contributed by atoms with van der Waals surface area (Å²) in [5.41, 5.74) is -0.815. The van der Waals surface area contributed by atoms with Crippen LogP contribution in [0.3, 0.4) is 0 Å². The van der Waals surface area contributed by atoms with Crippen LogP contribution in [-0.2, 0) is 4.79 Å². The van der Waals surface area contributed by atoms with Gasteiger partial charge in [0.1, 0.15) is 0 Å². The van der Waals surface area contributed by atoms with Gasteiger partial charge in [0, 0.05) is 6.07 Å². The molecule has 2 unspecified atom stereocenters. The number of benzene rings is 1. The number of halogens is 1. The molecule has 1 aliphatic rings. The number of para-hydroxylation sites is 1. The quantitative estimate of drug-likeness (QED) is 0.656. The van der Waals surface area contributed by atoms with Crippen LogP contribution in [-0.4, -0.2) is 23.4 Å². The van der Waals surface area contributed by atoms with Crippen LogP contribution in [0.2, 0.25) is 0 Å². The number of carbonyl (C=O) groups excluding carboxylic acids is 1. The van der Waals surface area contributed by atoms with Crippen molar-refractivity contribution in [1.82, 2.24) is 5.32 Å². The van der Waals surface area contributed by atoms with Crippen LogP contribution in [0, 0.1) is 21.8 Å². The van der Waals surface area contributed by atoms with Gasteiger partial charge in [-0.1, -0.05) is 13.0 Å². The van der Waals surface area contributed by atoms with Gasteiger partial charge in [0.2, 0.25) is 5.91 Å². The monoisotopic (exact) mass is 281 g/mol. The van der Waals surface area contributed by atoms with Crippen LogP contribution in [0.15, 0.2) is 18.2 Å². The second-order valence-electron chi connectivity index (χ2n) is 5.02. The average molecular weight is 281 g/mol. The number of hydrogen-bond donors (Lipinski definition) is 2. The predicted molar refractivity (Wildman–Crippen MR) is 71.9 cm³/mol. The Hall–Kier alpha value is -2.02. The van der Waals surface area contributed by atoms with Crippen molar-refractivity contribution >= 4 is 17.3 Å². The molecule has 20 heavy (non-hydrogen) atoms. The molecular weight excluding hydrogens is 265 g/mol. The SMILES string of the molecule is CC1CCNC(C(=O)Nc2c(F)cccc2[N+](=O)[O-])C1. The van der Waals surface area contributed by atoms with E-state index in [1.807, 2.05) is 6.92 Å². The molecule has 0 aromatic heterocycles. The number of nitrogens with one attached hydrogen (secondary N) is 2. The van der Waals surface area contributed by atoms with Crippen LogP contribution in [0.4, 0.5) is 15.8 Å². The van der Waals surface area contributed by atoms with E-state index in [9.17, 15) is 19.3 Å². The molecular formula is C13H16FN3O3. The number of carbonyl (C=O) groups is 1. The first kappa shape index (κ1) is 14.4. The number of anilines is 1. The molecule has 2 N–H and O–H groups in total. The first-order valence-corrected chi connectivity index (χ1v) is 6.46. The van der Waals surface area contributed by atoms with Gasteiger partial charge in [-0.15, -0.1) is 0 Å². The van der Waals surface area contributed by atoms with Crippen molar-refractivity contribution in [2.75, 3.05) is 11.9 Å². The number of rotatable bonds is 3. The smallest absolute Gasteiger partial charge is 0.295 e. The molecule has 0 aliphatic carbocycles. The van der Waals surface area contributed by atoms with Gasteiger partial charge in [0.05, 0.1) is 11.0 Å². The van der Waals surface area contributed by atoms with Gasteiger partial charge < -0.3 is 10.6 Å². The molecule has 7 heteroatoms. The third-order valence-electron chi connectivity index (χ3n) is 3.42. The maximum Gasteiger partial charge on any atom is 0.295 e. The summed E-state index contributed by atoms with van der Waals surface area (Å²) >= 11 is 0. The van der Waals surface area contributed by atoms with Crippen LogP contribution < -0.4 is 10.6 Å². The van der Waals surface area contributed by atoms with E-state index in [2.05, 4.69) is 10.6 Å². The topological polar surface area (TPSA) is 84.3 Å². The van der Waals surface area contributed by atoms with Crippen molar-refractivity contribution in [3.05, 3.63) is 34.1 Å². The normalized spacial score (nSPS) is 22.3. The van der Waals surface area contributed by atoms with Crippen molar-refractivity contribution in [3.63, 3.8) is 0 Å². The second kappa shape index (κ2) is 5.96. The molecule has 0 radical (unpaired) electrons. The van der Waals surface area contributed by atoms with Crippen LogP contribution in [0.1, 0.15) is 19.8 Å². The van der Waals surface area contributed by atoms with Gasteiger partial charge in [-0.05, 0) is 31.4 Å². The average Bonchev–Trinajstić information content (AvgIpc) is 2.40. The lowest BCUT2D eigenvalue weighted by Crippen LogP contribution is -2.45. The highest BCUT2D eigenvalue weighted by atomic mass is 19.1. The van der Waals surface area contributed by atoms with E-state index in [4.69, 9.17) is 0 Å². The minimum atomic E-state index is -0.809. The summed E-state index contributed by atoms with van der Waals surface area (Å²) in [6.07, 6.45) is 1.61. The molecule has 1 aromatic rings. The van der Waals surface area contributed by atoms with Crippen molar-refractivity contribution in [2.45, 2.75) is 25.8 Å². The Bertz CT molecular complexity index is 536. The fourth-order valence-electron chi connectivity index (χ4n) is 2.31. The van der Waals surface area contributed by atoms with Gasteiger partial charge in [-0.2, -0.15) is 0 Å². The van der Waals surface area contributed by atoms with Gasteiger partial charge in [-0.25, -0.2) is 4.39 Å². The molecule has 6 nitrogen and oxygen atoms in total. The summed E-state index contributed by atoms with van der Waals surface area (Å²) in [6, 6.07) is 3.04. The highest BCUT2D eigenvalue weighted by Gasteiger charge is 2.27. The summed E-state index contributed by atoms with van der Waals surface area (Å²) in [7, 11) is 0. The maximum absolute atomic E-state index is 13.7. The molecule has 1 aromatic carbocycles. The minimum absolute atomic E-state index is 0.373. The lowest BCUT2D eigenvalue weighted by atomic mass is 9.94. The van der Waals surface area contributed by atoms with E-state index < -0.39 is 28.4 Å². The van der Waals surface area contributed by atoms with Crippen molar-refractivity contribution < 1.29 is 14.1 Å². The lowest BCUT2D eigenvalue weighted by molar-refractivity contribution is -0.384. The molecule has 2 atom stereocenters. The number of nitrogens with zero attached hydrogens (tertiary/aromatic N) is 1. The van der Waals surface area contributed by atoms with Gasteiger partial charge >= 0.3 is 0 Å². The highest BCUT2D eigenvalue weighted by molar-refractivity contribution is 5.96. The first-order chi connectivity index (χ1) is 9.49. The number of amides is 1. The van der Waals surface area contributed by atoms with Crippen molar-refractivity contribution in [3.8, 4) is 0 Å².